The number of nitrogens with one attached hydrogen (secondary N) is 1. The highest BCUT2D eigenvalue weighted by Crippen LogP contribution is 2.29. The number of benzene rings is 2. The average Bonchev–Trinajstić information content (AvgIpc) is 2.47. The van der Waals surface area contributed by atoms with Crippen LogP contribution < -0.4 is 21.7 Å². The molecule has 0 radical (unpaired) electrons. The van der Waals surface area contributed by atoms with Crippen LogP contribution in [0.25, 0.3) is 10.8 Å². The second-order valence-corrected chi connectivity index (χ2v) is 4.17. The van der Waals surface area contributed by atoms with E-state index in [9.17, 15) is 0 Å². The Morgan fingerprint density at radius 1 is 1.00 bits per heavy atom. The minimum atomic E-state index is 0.0932. The largest absolute Gasteiger partial charge is 0.438 e. The van der Waals surface area contributed by atoms with E-state index in [1.165, 1.54) is 0 Å². The highest BCUT2D eigenvalue weighted by atomic mass is 16.5. The Labute approximate surface area is 115 Å². The summed E-state index contributed by atoms with van der Waals surface area (Å²) in [6.07, 6.45) is 0. The summed E-state index contributed by atoms with van der Waals surface area (Å²) >= 11 is 0. The van der Waals surface area contributed by atoms with Gasteiger partial charge < -0.3 is 15.9 Å². The lowest BCUT2D eigenvalue weighted by Crippen LogP contribution is -2.10. The summed E-state index contributed by atoms with van der Waals surface area (Å²) in [5.41, 5.74) is 8.02. The van der Waals surface area contributed by atoms with Gasteiger partial charge in [0.2, 0.25) is 11.8 Å². The Morgan fingerprint density at radius 2 is 1.80 bits per heavy atom. The lowest BCUT2D eigenvalue weighted by atomic mass is 10.1. The van der Waals surface area contributed by atoms with Crippen LogP contribution in [-0.4, -0.2) is 9.97 Å². The second-order valence-electron chi connectivity index (χ2n) is 4.17. The maximum absolute atomic E-state index is 5.79. The van der Waals surface area contributed by atoms with Gasteiger partial charge in [0.1, 0.15) is 11.6 Å². The van der Waals surface area contributed by atoms with E-state index in [2.05, 4.69) is 15.4 Å². The van der Waals surface area contributed by atoms with Crippen molar-refractivity contribution in [2.75, 3.05) is 11.2 Å². The van der Waals surface area contributed by atoms with Crippen LogP contribution in [-0.2, 0) is 0 Å². The van der Waals surface area contributed by atoms with Crippen molar-refractivity contribution in [2.24, 2.45) is 5.84 Å². The molecule has 0 amide bonds. The maximum Gasteiger partial charge on any atom is 0.226 e. The summed E-state index contributed by atoms with van der Waals surface area (Å²) < 4.78 is 5.79. The summed E-state index contributed by atoms with van der Waals surface area (Å²) in [6.45, 7) is 0. The van der Waals surface area contributed by atoms with Crippen molar-refractivity contribution < 1.29 is 4.74 Å². The molecule has 0 unspecified atom stereocenters. The third kappa shape index (κ3) is 2.32. The van der Waals surface area contributed by atoms with Gasteiger partial charge >= 0.3 is 0 Å². The Bertz CT molecular complexity index is 754. The monoisotopic (exact) mass is 267 g/mol. The summed E-state index contributed by atoms with van der Waals surface area (Å²) in [5, 5.41) is 2.08. The Kier molecular flexibility index (Phi) is 3.06. The minimum absolute atomic E-state index is 0.0932. The molecule has 0 saturated carbocycles. The van der Waals surface area contributed by atoms with Crippen molar-refractivity contribution in [2.45, 2.75) is 0 Å². The molecule has 3 aromatic rings. The zero-order valence-electron chi connectivity index (χ0n) is 10.6. The molecule has 0 atom stereocenters. The van der Waals surface area contributed by atoms with Crippen LogP contribution in [0.15, 0.2) is 48.5 Å². The summed E-state index contributed by atoms with van der Waals surface area (Å²) in [7, 11) is 0. The lowest BCUT2D eigenvalue weighted by molar-refractivity contribution is 0.468. The molecule has 5 N–H and O–H groups in total. The molecule has 0 aliphatic carbocycles. The maximum atomic E-state index is 5.79. The Balaban J connectivity index is 2.03. The van der Waals surface area contributed by atoms with Gasteiger partial charge in [-0.25, -0.2) is 5.84 Å². The Hall–Kier alpha value is -2.86. The predicted octanol–water partition coefficient (Wildman–Crippen LogP) is 2.29. The number of fused-ring (bicyclic) bond motifs is 1. The molecule has 100 valence electrons. The van der Waals surface area contributed by atoms with Crippen molar-refractivity contribution >= 4 is 22.5 Å². The number of nitrogen functional groups attached to an aromatic ring is 2. The summed E-state index contributed by atoms with van der Waals surface area (Å²) in [5.74, 6) is 6.84. The molecule has 2 aromatic carbocycles. The minimum Gasteiger partial charge on any atom is -0.438 e. The van der Waals surface area contributed by atoms with E-state index in [0.29, 0.717) is 17.4 Å². The Morgan fingerprint density at radius 3 is 2.65 bits per heavy atom. The molecular formula is C14H13N5O. The smallest absolute Gasteiger partial charge is 0.226 e. The van der Waals surface area contributed by atoms with Gasteiger partial charge in [0.05, 0.1) is 0 Å². The number of nitrogens with two attached hydrogens (primary N) is 2. The number of nitrogens with zero attached hydrogens (tertiary/aromatic N) is 2. The van der Waals surface area contributed by atoms with Gasteiger partial charge in [0, 0.05) is 11.5 Å². The van der Waals surface area contributed by atoms with Crippen molar-refractivity contribution in [1.82, 2.24) is 9.97 Å². The number of hydrogen-bond donors (Lipinski definition) is 3. The fraction of sp³-hybridized carbons (Fsp3) is 0. The number of aromatic nitrogens is 2. The first-order valence-electron chi connectivity index (χ1n) is 6.03. The number of anilines is 2. The lowest BCUT2D eigenvalue weighted by Gasteiger charge is -2.09. The number of ether oxygens (including phenoxy) is 1. The SMILES string of the molecule is NNc1cc(Oc2cccc3ccccc23)nc(N)n1. The molecule has 0 fully saturated rings. The molecule has 3 rings (SSSR count). The molecular weight excluding hydrogens is 254 g/mol. The topological polar surface area (TPSA) is 99.1 Å². The third-order valence-electron chi connectivity index (χ3n) is 2.83. The molecule has 1 aromatic heterocycles. The van der Waals surface area contributed by atoms with Crippen molar-refractivity contribution in [1.29, 1.82) is 0 Å². The molecule has 0 aliphatic heterocycles. The van der Waals surface area contributed by atoms with Gasteiger partial charge in [-0.1, -0.05) is 36.4 Å². The fourth-order valence-corrected chi connectivity index (χ4v) is 1.97. The van der Waals surface area contributed by atoms with Gasteiger partial charge in [-0.15, -0.1) is 0 Å². The first-order chi connectivity index (χ1) is 9.76. The zero-order chi connectivity index (χ0) is 13.9. The van der Waals surface area contributed by atoms with Crippen LogP contribution >= 0.6 is 0 Å². The van der Waals surface area contributed by atoms with Gasteiger partial charge in [0.15, 0.2) is 0 Å². The molecule has 0 saturated heterocycles. The van der Waals surface area contributed by atoms with E-state index in [1.807, 2.05) is 42.5 Å². The quantitative estimate of drug-likeness (QED) is 0.497. The molecule has 6 heteroatoms. The summed E-state index contributed by atoms with van der Waals surface area (Å²) in [6, 6.07) is 15.3. The molecule has 6 nitrogen and oxygen atoms in total. The van der Waals surface area contributed by atoms with Crippen LogP contribution in [0.4, 0.5) is 11.8 Å². The van der Waals surface area contributed by atoms with E-state index >= 15 is 0 Å². The van der Waals surface area contributed by atoms with Crippen LogP contribution in [0.5, 0.6) is 11.6 Å². The van der Waals surface area contributed by atoms with Crippen LogP contribution in [0.1, 0.15) is 0 Å². The van der Waals surface area contributed by atoms with Crippen molar-refractivity contribution in [3.05, 3.63) is 48.5 Å². The van der Waals surface area contributed by atoms with E-state index in [0.717, 1.165) is 10.8 Å². The highest BCUT2D eigenvalue weighted by Gasteiger charge is 2.06. The third-order valence-corrected chi connectivity index (χ3v) is 2.83. The van der Waals surface area contributed by atoms with Gasteiger partial charge in [-0.2, -0.15) is 9.97 Å². The number of rotatable bonds is 3. The number of hydrogen-bond acceptors (Lipinski definition) is 6. The molecule has 20 heavy (non-hydrogen) atoms. The highest BCUT2D eigenvalue weighted by molar-refractivity contribution is 5.88. The summed E-state index contributed by atoms with van der Waals surface area (Å²) in [4.78, 5) is 7.94. The molecule has 0 bridgehead atoms. The van der Waals surface area contributed by atoms with Crippen molar-refractivity contribution in [3.8, 4) is 11.6 Å². The number of hydrazine groups is 1. The van der Waals surface area contributed by atoms with Crippen LogP contribution in [0, 0.1) is 0 Å². The van der Waals surface area contributed by atoms with E-state index < -0.39 is 0 Å². The van der Waals surface area contributed by atoms with E-state index in [-0.39, 0.29) is 5.95 Å². The normalized spacial score (nSPS) is 10.4. The van der Waals surface area contributed by atoms with E-state index in [4.69, 9.17) is 16.3 Å². The van der Waals surface area contributed by atoms with Gasteiger partial charge in [-0.05, 0) is 11.5 Å². The first kappa shape index (κ1) is 12.2. The van der Waals surface area contributed by atoms with Crippen LogP contribution in [0.3, 0.4) is 0 Å². The van der Waals surface area contributed by atoms with E-state index in [1.54, 1.807) is 6.07 Å². The fourth-order valence-electron chi connectivity index (χ4n) is 1.97. The standard InChI is InChI=1S/C14H13N5O/c15-14-17-12(19-16)8-13(18-14)20-11-7-3-5-9-4-1-2-6-10(9)11/h1-8H,16H2,(H3,15,17,18,19). The van der Waals surface area contributed by atoms with Crippen LogP contribution in [0.2, 0.25) is 0 Å². The molecule has 0 spiro atoms. The van der Waals surface area contributed by atoms with Gasteiger partial charge in [0.25, 0.3) is 0 Å². The average molecular weight is 267 g/mol. The predicted molar refractivity (Wildman–Crippen MR) is 78.3 cm³/mol. The second kappa shape index (κ2) is 5.02. The van der Waals surface area contributed by atoms with Gasteiger partial charge in [-0.3, -0.25) is 0 Å². The first-order valence-corrected chi connectivity index (χ1v) is 6.03. The molecule has 0 aliphatic rings. The zero-order valence-corrected chi connectivity index (χ0v) is 10.6. The van der Waals surface area contributed by atoms with Crippen molar-refractivity contribution in [3.63, 3.8) is 0 Å². The molecule has 1 heterocycles.